The first-order valence-corrected chi connectivity index (χ1v) is 23.2. The third-order valence-corrected chi connectivity index (χ3v) is 14.8. The Morgan fingerprint density at radius 2 is 1.12 bits per heavy atom. The van der Waals surface area contributed by atoms with Gasteiger partial charge in [-0.1, -0.05) is 48.5 Å². The molecule has 0 spiro atoms. The first kappa shape index (κ1) is 45.1. The van der Waals surface area contributed by atoms with Crippen molar-refractivity contribution >= 4 is 17.9 Å². The fourth-order valence-corrected chi connectivity index (χ4v) is 11.2. The predicted octanol–water partition coefficient (Wildman–Crippen LogP) is 6.07. The van der Waals surface area contributed by atoms with Gasteiger partial charge in [-0.25, -0.2) is 0 Å². The molecule has 0 unspecified atom stereocenters. The number of rotatable bonds is 19. The summed E-state index contributed by atoms with van der Waals surface area (Å²) in [6, 6.07) is 18.7. The number of benzene rings is 3. The molecule has 5 aliphatic rings. The zero-order chi connectivity index (χ0) is 44.7. The number of nitrogens with one attached hydrogen (secondary N) is 4. The number of allylic oxidation sites excluding steroid dienone is 5. The third-order valence-electron chi connectivity index (χ3n) is 14.8. The van der Waals surface area contributed by atoms with Crippen LogP contribution in [-0.2, 0) is 52.9 Å². The van der Waals surface area contributed by atoms with E-state index in [1.165, 1.54) is 11.1 Å². The Labute approximate surface area is 376 Å². The van der Waals surface area contributed by atoms with Gasteiger partial charge in [-0.2, -0.15) is 0 Å². The van der Waals surface area contributed by atoms with Crippen molar-refractivity contribution in [2.75, 3.05) is 53.5 Å². The highest BCUT2D eigenvalue weighted by atomic mass is 16.5. The fourth-order valence-electron chi connectivity index (χ4n) is 11.2. The maximum absolute atomic E-state index is 12.6. The number of ether oxygens (including phenoxy) is 2. The van der Waals surface area contributed by atoms with E-state index in [1.807, 2.05) is 30.5 Å². The van der Waals surface area contributed by atoms with Crippen LogP contribution in [0.3, 0.4) is 0 Å². The molecule has 3 saturated heterocycles. The van der Waals surface area contributed by atoms with Gasteiger partial charge in [-0.3, -0.25) is 14.4 Å². The predicted molar refractivity (Wildman–Crippen MR) is 246 cm³/mol. The summed E-state index contributed by atoms with van der Waals surface area (Å²) in [6.45, 7) is 4.61. The van der Waals surface area contributed by atoms with E-state index in [9.17, 15) is 29.7 Å². The van der Waals surface area contributed by atoms with Crippen LogP contribution in [0.2, 0.25) is 0 Å². The van der Waals surface area contributed by atoms with Gasteiger partial charge in [0, 0.05) is 36.2 Å². The Hall–Kier alpha value is -5.43. The largest absolute Gasteiger partial charge is 0.496 e. The molecule has 0 saturated carbocycles. The van der Waals surface area contributed by atoms with E-state index in [2.05, 4.69) is 63.8 Å². The van der Waals surface area contributed by atoms with Gasteiger partial charge in [-0.15, -0.1) is 0 Å². The van der Waals surface area contributed by atoms with Crippen molar-refractivity contribution in [3.8, 4) is 11.5 Å². The third kappa shape index (κ3) is 10.2. The second kappa shape index (κ2) is 20.6. The van der Waals surface area contributed by atoms with Crippen LogP contribution in [0.4, 0.5) is 0 Å². The molecule has 64 heavy (non-hydrogen) atoms. The minimum absolute atomic E-state index is 0.0333. The SMILES string of the molecule is COc1ccc(C[C@H](C(=O)O)[C@H]2CCNC2)cc1CC1=C(Cc2cc(C[C@H](C(=O)O)[C@H]3CCNC3)ccc2OC)C([C@H]2CCc3ccc(C[C@H](C(=O)O)[C@H]4CCNC4)cc32)=CC=CN1. The molecule has 4 aliphatic heterocycles. The van der Waals surface area contributed by atoms with E-state index >= 15 is 0 Å². The molecule has 3 fully saturated rings. The fraction of sp³-hybridized carbons (Fsp3) is 0.481. The van der Waals surface area contributed by atoms with E-state index in [0.29, 0.717) is 50.9 Å². The van der Waals surface area contributed by atoms with Gasteiger partial charge in [0.15, 0.2) is 0 Å². The highest BCUT2D eigenvalue weighted by Gasteiger charge is 2.35. The molecule has 0 aromatic heterocycles. The van der Waals surface area contributed by atoms with Crippen LogP contribution < -0.4 is 30.7 Å². The maximum Gasteiger partial charge on any atom is 0.307 e. The zero-order valence-electron chi connectivity index (χ0n) is 37.2. The van der Waals surface area contributed by atoms with Crippen molar-refractivity contribution in [3.05, 3.63) is 129 Å². The smallest absolute Gasteiger partial charge is 0.307 e. The lowest BCUT2D eigenvalue weighted by molar-refractivity contribution is -0.144. The number of carboxylic acid groups (broad SMARTS) is 3. The molecule has 7 N–H and O–H groups in total. The van der Waals surface area contributed by atoms with E-state index < -0.39 is 35.7 Å². The molecule has 7 atom stereocenters. The Morgan fingerprint density at radius 1 is 0.641 bits per heavy atom. The number of hydrogen-bond acceptors (Lipinski definition) is 9. The van der Waals surface area contributed by atoms with E-state index in [0.717, 1.165) is 109 Å². The Bertz CT molecular complexity index is 2280. The highest BCUT2D eigenvalue weighted by Crippen LogP contribution is 2.45. The molecule has 8 rings (SSSR count). The number of methoxy groups -OCH3 is 2. The number of fused-ring (bicyclic) bond motifs is 1. The monoisotopic (exact) mass is 872 g/mol. The van der Waals surface area contributed by atoms with Crippen molar-refractivity contribution in [2.45, 2.75) is 70.1 Å². The van der Waals surface area contributed by atoms with Crippen molar-refractivity contribution in [3.63, 3.8) is 0 Å². The molecule has 0 bridgehead atoms. The van der Waals surface area contributed by atoms with Crippen molar-refractivity contribution in [1.82, 2.24) is 21.3 Å². The Kier molecular flexibility index (Phi) is 14.5. The second-order valence-electron chi connectivity index (χ2n) is 18.6. The minimum Gasteiger partial charge on any atom is -0.496 e. The van der Waals surface area contributed by atoms with Gasteiger partial charge in [0.25, 0.3) is 0 Å². The lowest BCUT2D eigenvalue weighted by atomic mass is 9.81. The van der Waals surface area contributed by atoms with E-state index in [-0.39, 0.29) is 23.7 Å². The topological polar surface area (TPSA) is 178 Å². The lowest BCUT2D eigenvalue weighted by Crippen LogP contribution is -2.27. The zero-order valence-corrected chi connectivity index (χ0v) is 37.2. The van der Waals surface area contributed by atoms with Gasteiger partial charge >= 0.3 is 17.9 Å². The molecule has 3 aromatic carbocycles. The minimum atomic E-state index is -0.778. The quantitative estimate of drug-likeness (QED) is 0.0741. The number of carboxylic acids is 3. The molecule has 4 heterocycles. The molecule has 1 aliphatic carbocycles. The van der Waals surface area contributed by atoms with Crippen LogP contribution in [0.1, 0.15) is 70.5 Å². The van der Waals surface area contributed by atoms with E-state index in [1.54, 1.807) is 14.2 Å². The number of carbonyl (C=O) groups is 3. The number of aliphatic carboxylic acids is 3. The molecular formula is C52H64N4O8. The van der Waals surface area contributed by atoms with Gasteiger partial charge in [0.2, 0.25) is 0 Å². The standard InChI is InChI=1S/C52H64N4O8/c1-63-48-11-6-31(23-43(50(57)58)35-13-17-53-28-35)20-38(48)26-46-40(41-10-9-34-8-5-33(22-42(34)41)25-45(52(61)62)37-15-19-55-30-37)4-3-16-56-47(46)27-39-21-32(7-12-49(39)64-2)24-44(51(59)60)36-14-18-54-29-36/h3-8,11-12,16,20-22,35-37,41,43-45,53-56H,9-10,13-15,17-19,23-30H2,1-2H3,(H,57,58)(H,59,60)(H,61,62)/t35-,36-,37-,41+,43-,44-,45-/m0/s1. The molecular weight excluding hydrogens is 809 g/mol. The molecule has 0 amide bonds. The summed E-state index contributed by atoms with van der Waals surface area (Å²) in [5.41, 5.74) is 10.5. The summed E-state index contributed by atoms with van der Waals surface area (Å²) in [4.78, 5) is 37.8. The first-order valence-electron chi connectivity index (χ1n) is 23.2. The van der Waals surface area contributed by atoms with Crippen LogP contribution in [0.25, 0.3) is 0 Å². The summed E-state index contributed by atoms with van der Waals surface area (Å²) in [6.07, 6.45) is 12.8. The summed E-state index contributed by atoms with van der Waals surface area (Å²) < 4.78 is 12.0. The van der Waals surface area contributed by atoms with Gasteiger partial charge in [0.1, 0.15) is 11.5 Å². The van der Waals surface area contributed by atoms with Crippen molar-refractivity contribution < 1.29 is 39.2 Å². The average Bonchev–Trinajstić information content (AvgIpc) is 4.14. The summed E-state index contributed by atoms with van der Waals surface area (Å²) in [7, 11) is 3.34. The van der Waals surface area contributed by atoms with Crippen molar-refractivity contribution in [1.29, 1.82) is 0 Å². The normalized spacial score (nSPS) is 23.2. The molecule has 0 radical (unpaired) electrons. The summed E-state index contributed by atoms with van der Waals surface area (Å²) in [5, 5.41) is 44.7. The highest BCUT2D eigenvalue weighted by molar-refractivity contribution is 5.72. The lowest BCUT2D eigenvalue weighted by Gasteiger charge is -2.25. The molecule has 12 heteroatoms. The number of aryl methyl sites for hydroxylation is 1. The second-order valence-corrected chi connectivity index (χ2v) is 18.6. The molecule has 3 aromatic rings. The summed E-state index contributed by atoms with van der Waals surface area (Å²) in [5.74, 6) is -2.09. The van der Waals surface area contributed by atoms with Gasteiger partial charge < -0.3 is 46.1 Å². The molecule has 340 valence electrons. The van der Waals surface area contributed by atoms with Crippen LogP contribution in [0, 0.1) is 35.5 Å². The van der Waals surface area contributed by atoms with Crippen LogP contribution in [-0.4, -0.2) is 86.7 Å². The maximum atomic E-state index is 12.6. The first-order chi connectivity index (χ1) is 31.1. The number of hydrogen-bond donors (Lipinski definition) is 7. The molecule has 12 nitrogen and oxygen atoms in total. The summed E-state index contributed by atoms with van der Waals surface area (Å²) >= 11 is 0. The van der Waals surface area contributed by atoms with Gasteiger partial charge in [-0.05, 0) is 171 Å². The van der Waals surface area contributed by atoms with E-state index in [4.69, 9.17) is 9.47 Å². The van der Waals surface area contributed by atoms with Gasteiger partial charge in [0.05, 0.1) is 32.0 Å². The van der Waals surface area contributed by atoms with Crippen LogP contribution in [0.5, 0.6) is 11.5 Å². The van der Waals surface area contributed by atoms with Crippen LogP contribution in [0.15, 0.2) is 89.8 Å². The Morgan fingerprint density at radius 3 is 1.59 bits per heavy atom. The van der Waals surface area contributed by atoms with Crippen molar-refractivity contribution in [2.24, 2.45) is 35.5 Å². The Balaban J connectivity index is 1.19. The average molecular weight is 873 g/mol. The van der Waals surface area contributed by atoms with Crippen LogP contribution >= 0.6 is 0 Å².